The lowest BCUT2D eigenvalue weighted by molar-refractivity contribution is -0.375. The molecule has 3 aromatic rings. The van der Waals surface area contributed by atoms with Crippen LogP contribution in [0.2, 0.25) is 0 Å². The molecule has 21 heavy (non-hydrogen) atoms. The zero-order chi connectivity index (χ0) is 14.7. The highest BCUT2D eigenvalue weighted by Gasteiger charge is 2.13. The first-order valence-electron chi connectivity index (χ1n) is 6.63. The van der Waals surface area contributed by atoms with Gasteiger partial charge in [0.15, 0.2) is 18.2 Å². The fraction of sp³-hybridized carbons (Fsp3) is 0. The molecule has 0 fully saturated rings. The van der Waals surface area contributed by atoms with E-state index in [9.17, 15) is 9.90 Å². The average Bonchev–Trinajstić information content (AvgIpc) is 2.83. The lowest BCUT2D eigenvalue weighted by Gasteiger charge is -2.06. The van der Waals surface area contributed by atoms with Crippen molar-refractivity contribution < 1.29 is 14.9 Å². The SMILES string of the molecule is O=C1C=C([O-])c2ccccc21.c1ccc2c[nH+]ccc2c1. The predicted octanol–water partition coefficient (Wildman–Crippen LogP) is 2.24. The molecule has 1 aliphatic rings. The fourth-order valence-electron chi connectivity index (χ4n) is 2.26. The van der Waals surface area contributed by atoms with Crippen molar-refractivity contribution in [3.63, 3.8) is 0 Å². The van der Waals surface area contributed by atoms with Crippen molar-refractivity contribution in [2.24, 2.45) is 0 Å². The molecule has 0 spiro atoms. The molecule has 0 saturated heterocycles. The Hall–Kier alpha value is -2.94. The average molecular weight is 275 g/mol. The molecular formula is C18H13NO2. The summed E-state index contributed by atoms with van der Waals surface area (Å²) < 4.78 is 0. The number of rotatable bonds is 0. The molecule has 3 heteroatoms. The molecule has 4 rings (SSSR count). The highest BCUT2D eigenvalue weighted by Crippen LogP contribution is 2.22. The Balaban J connectivity index is 0.000000126. The van der Waals surface area contributed by atoms with E-state index in [2.05, 4.69) is 23.2 Å². The summed E-state index contributed by atoms with van der Waals surface area (Å²) in [5.41, 5.74) is 1.05. The molecule has 102 valence electrons. The normalized spacial score (nSPS) is 12.4. The number of hydrogen-bond donors (Lipinski definition) is 0. The number of aromatic amines is 1. The van der Waals surface area contributed by atoms with Crippen LogP contribution in [0, 0.1) is 0 Å². The second-order valence-corrected chi connectivity index (χ2v) is 4.69. The summed E-state index contributed by atoms with van der Waals surface area (Å²) in [6.07, 6.45) is 5.06. The molecule has 0 saturated carbocycles. The molecule has 2 aromatic carbocycles. The van der Waals surface area contributed by atoms with Gasteiger partial charge in [-0.15, -0.1) is 0 Å². The molecule has 1 aliphatic carbocycles. The third-order valence-electron chi connectivity index (χ3n) is 3.31. The van der Waals surface area contributed by atoms with Crippen LogP contribution in [0.3, 0.4) is 0 Å². The summed E-state index contributed by atoms with van der Waals surface area (Å²) >= 11 is 0. The van der Waals surface area contributed by atoms with E-state index in [1.54, 1.807) is 24.3 Å². The fourth-order valence-corrected chi connectivity index (χ4v) is 2.26. The lowest BCUT2D eigenvalue weighted by Crippen LogP contribution is -1.98. The Morgan fingerprint density at radius 2 is 1.48 bits per heavy atom. The summed E-state index contributed by atoms with van der Waals surface area (Å²) in [5.74, 6) is -0.351. The van der Waals surface area contributed by atoms with Gasteiger partial charge >= 0.3 is 0 Å². The van der Waals surface area contributed by atoms with Crippen LogP contribution in [0.25, 0.3) is 16.5 Å². The molecule has 1 heterocycles. The molecule has 1 N–H and O–H groups in total. The second-order valence-electron chi connectivity index (χ2n) is 4.69. The van der Waals surface area contributed by atoms with Gasteiger partial charge in [0.2, 0.25) is 0 Å². The maximum Gasteiger partial charge on any atom is 0.185 e. The van der Waals surface area contributed by atoms with Crippen molar-refractivity contribution >= 4 is 22.3 Å². The number of aromatic nitrogens is 1. The molecule has 0 aliphatic heterocycles. The molecule has 0 radical (unpaired) electrons. The summed E-state index contributed by atoms with van der Waals surface area (Å²) in [6, 6.07) is 17.2. The van der Waals surface area contributed by atoms with Gasteiger partial charge in [-0.25, -0.2) is 4.98 Å². The van der Waals surface area contributed by atoms with Crippen LogP contribution in [0.5, 0.6) is 0 Å². The van der Waals surface area contributed by atoms with Crippen molar-refractivity contribution in [1.82, 2.24) is 0 Å². The van der Waals surface area contributed by atoms with Gasteiger partial charge in [0, 0.05) is 17.0 Å². The van der Waals surface area contributed by atoms with E-state index in [0.29, 0.717) is 11.1 Å². The van der Waals surface area contributed by atoms with Gasteiger partial charge in [-0.3, -0.25) is 4.79 Å². The van der Waals surface area contributed by atoms with E-state index < -0.39 is 0 Å². The Morgan fingerprint density at radius 3 is 2.19 bits per heavy atom. The third-order valence-corrected chi connectivity index (χ3v) is 3.31. The topological polar surface area (TPSA) is 54.3 Å². The number of benzene rings is 2. The maximum atomic E-state index is 11.0. The van der Waals surface area contributed by atoms with Gasteiger partial charge in [-0.05, 0) is 23.1 Å². The van der Waals surface area contributed by atoms with Crippen LogP contribution >= 0.6 is 0 Å². The first kappa shape index (κ1) is 13.1. The highest BCUT2D eigenvalue weighted by molar-refractivity contribution is 6.15. The zero-order valence-corrected chi connectivity index (χ0v) is 11.2. The summed E-state index contributed by atoms with van der Waals surface area (Å²) in [4.78, 5) is 14.0. The summed E-state index contributed by atoms with van der Waals surface area (Å²) in [5, 5.41) is 13.5. The third kappa shape index (κ3) is 2.67. The van der Waals surface area contributed by atoms with Crippen LogP contribution in [-0.2, 0) is 0 Å². The number of fused-ring (bicyclic) bond motifs is 2. The van der Waals surface area contributed by atoms with E-state index in [1.807, 2.05) is 24.5 Å². The van der Waals surface area contributed by atoms with E-state index in [0.717, 1.165) is 6.08 Å². The Kier molecular flexibility index (Phi) is 3.48. The van der Waals surface area contributed by atoms with Gasteiger partial charge < -0.3 is 5.11 Å². The minimum absolute atomic E-state index is 0.175. The summed E-state index contributed by atoms with van der Waals surface area (Å²) in [7, 11) is 0. The standard InChI is InChI=1S/C9H7N.C9H6O2/c1-2-4-9-7-10-6-5-8(9)3-1;10-8-5-9(11)7-4-2-1-3-6(7)8/h1-7H;1-5,10H. The minimum Gasteiger partial charge on any atom is -0.872 e. The molecule has 0 amide bonds. The zero-order valence-electron chi connectivity index (χ0n) is 11.2. The number of carbonyl (C=O) groups is 1. The first-order chi connectivity index (χ1) is 10.3. The molecular weight excluding hydrogens is 262 g/mol. The van der Waals surface area contributed by atoms with Gasteiger partial charge in [-0.1, -0.05) is 48.2 Å². The van der Waals surface area contributed by atoms with E-state index in [4.69, 9.17) is 0 Å². The van der Waals surface area contributed by atoms with Crippen LogP contribution in [0.4, 0.5) is 0 Å². The van der Waals surface area contributed by atoms with Crippen LogP contribution < -0.4 is 10.1 Å². The number of hydrogen-bond acceptors (Lipinski definition) is 2. The maximum absolute atomic E-state index is 11.0. The Morgan fingerprint density at radius 1 is 0.810 bits per heavy atom. The molecule has 1 aromatic heterocycles. The predicted molar refractivity (Wildman–Crippen MR) is 79.3 cm³/mol. The number of nitrogens with one attached hydrogen (secondary N) is 1. The van der Waals surface area contributed by atoms with Gasteiger partial charge in [0.05, 0.1) is 0 Å². The van der Waals surface area contributed by atoms with E-state index >= 15 is 0 Å². The minimum atomic E-state index is -0.175. The van der Waals surface area contributed by atoms with Crippen molar-refractivity contribution in [3.8, 4) is 0 Å². The van der Waals surface area contributed by atoms with Gasteiger partial charge in [0.1, 0.15) is 0 Å². The van der Waals surface area contributed by atoms with Crippen LogP contribution in [0.1, 0.15) is 15.9 Å². The molecule has 0 unspecified atom stereocenters. The van der Waals surface area contributed by atoms with Crippen molar-refractivity contribution in [1.29, 1.82) is 0 Å². The van der Waals surface area contributed by atoms with Crippen molar-refractivity contribution in [2.45, 2.75) is 0 Å². The number of carbonyl (C=O) groups excluding carboxylic acids is 1. The van der Waals surface area contributed by atoms with Crippen LogP contribution in [0.15, 0.2) is 73.1 Å². The Bertz CT molecular complexity index is 772. The highest BCUT2D eigenvalue weighted by atomic mass is 16.3. The first-order valence-corrected chi connectivity index (χ1v) is 6.63. The largest absolute Gasteiger partial charge is 0.872 e. The number of ketones is 1. The Labute approximate surface area is 122 Å². The summed E-state index contributed by atoms with van der Waals surface area (Å²) in [6.45, 7) is 0. The quantitative estimate of drug-likeness (QED) is 0.632. The van der Waals surface area contributed by atoms with Gasteiger partial charge in [0.25, 0.3) is 0 Å². The number of allylic oxidation sites excluding steroid dienone is 1. The van der Waals surface area contributed by atoms with Crippen molar-refractivity contribution in [2.75, 3.05) is 0 Å². The van der Waals surface area contributed by atoms with Gasteiger partial charge in [-0.2, -0.15) is 0 Å². The number of pyridine rings is 1. The monoisotopic (exact) mass is 275 g/mol. The molecule has 3 nitrogen and oxygen atoms in total. The number of H-pyrrole nitrogens is 1. The smallest absolute Gasteiger partial charge is 0.185 e. The van der Waals surface area contributed by atoms with E-state index in [-0.39, 0.29) is 11.5 Å². The van der Waals surface area contributed by atoms with Crippen molar-refractivity contribution in [3.05, 3.63) is 84.2 Å². The molecule has 0 atom stereocenters. The van der Waals surface area contributed by atoms with E-state index in [1.165, 1.54) is 10.8 Å². The lowest BCUT2D eigenvalue weighted by atomic mass is 10.1. The van der Waals surface area contributed by atoms with Crippen LogP contribution in [-0.4, -0.2) is 5.78 Å². The molecule has 0 bridgehead atoms. The second kappa shape index (κ2) is 5.59.